The minimum Gasteiger partial charge on any atom is -0.162 e. The third-order valence-corrected chi connectivity index (χ3v) is 2.64. The van der Waals surface area contributed by atoms with Crippen LogP contribution in [-0.2, 0) is 0 Å². The molecule has 0 radical (unpaired) electrons. The number of unbranched alkanes of at least 4 members (excludes halogenated alkanes) is 2. The van der Waals surface area contributed by atoms with Crippen LogP contribution in [0.15, 0.2) is 0 Å². The maximum Gasteiger partial charge on any atom is 0.00888 e. The second-order valence-corrected chi connectivity index (χ2v) is 3.72. The summed E-state index contributed by atoms with van der Waals surface area (Å²) in [6, 6.07) is 0. The molecule has 11 heavy (non-hydrogen) atoms. The molecule has 0 aliphatic rings. The number of rotatable bonds is 6. The van der Waals surface area contributed by atoms with E-state index in [2.05, 4.69) is 30.5 Å². The summed E-state index contributed by atoms with van der Waals surface area (Å²) in [5.41, 5.74) is 0. The normalized spacial score (nSPS) is 8.91. The predicted molar refractivity (Wildman–Crippen MR) is 54.9 cm³/mol. The van der Waals surface area contributed by atoms with Gasteiger partial charge >= 0.3 is 0 Å². The van der Waals surface area contributed by atoms with E-state index in [1.165, 1.54) is 30.8 Å². The Morgan fingerprint density at radius 2 is 2.00 bits per heavy atom. The van der Waals surface area contributed by atoms with Crippen LogP contribution in [0.2, 0.25) is 0 Å². The summed E-state index contributed by atoms with van der Waals surface area (Å²) in [6.07, 6.45) is 5.00. The van der Waals surface area contributed by atoms with Crippen molar-refractivity contribution in [3.8, 4) is 11.8 Å². The van der Waals surface area contributed by atoms with Crippen molar-refractivity contribution in [2.75, 3.05) is 11.5 Å². The van der Waals surface area contributed by atoms with Gasteiger partial charge in [-0.2, -0.15) is 11.8 Å². The fourth-order valence-corrected chi connectivity index (χ4v) is 1.69. The molecule has 0 rings (SSSR count). The molecule has 0 saturated carbocycles. The maximum atomic E-state index is 3.08. The molecule has 0 spiro atoms. The molecule has 0 nitrogen and oxygen atoms in total. The molecule has 0 saturated heterocycles. The van der Waals surface area contributed by atoms with E-state index in [4.69, 9.17) is 0 Å². The SMILES string of the molecule is CC#CCCCCSCCC. The molecule has 0 N–H and O–H groups in total. The van der Waals surface area contributed by atoms with Crippen LogP contribution in [0.25, 0.3) is 0 Å². The smallest absolute Gasteiger partial charge is 0.00888 e. The van der Waals surface area contributed by atoms with Crippen LogP contribution in [0.3, 0.4) is 0 Å². The molecule has 0 fully saturated rings. The molecule has 0 heterocycles. The molecule has 0 unspecified atom stereocenters. The Labute approximate surface area is 75.1 Å². The van der Waals surface area contributed by atoms with Crippen molar-refractivity contribution < 1.29 is 0 Å². The summed E-state index contributed by atoms with van der Waals surface area (Å²) in [5, 5.41) is 0. The van der Waals surface area contributed by atoms with E-state index in [0.717, 1.165) is 6.42 Å². The van der Waals surface area contributed by atoms with Gasteiger partial charge in [-0.3, -0.25) is 0 Å². The van der Waals surface area contributed by atoms with Crippen LogP contribution in [0.1, 0.15) is 39.5 Å². The van der Waals surface area contributed by atoms with Gasteiger partial charge in [-0.05, 0) is 37.7 Å². The standard InChI is InChI=1S/C10H18S/c1-3-5-6-7-8-10-11-9-4-2/h4,6-10H2,1-2H3. The zero-order chi connectivity index (χ0) is 8.36. The van der Waals surface area contributed by atoms with Gasteiger partial charge in [0.15, 0.2) is 0 Å². The lowest BCUT2D eigenvalue weighted by Gasteiger charge is -1.96. The lowest BCUT2D eigenvalue weighted by atomic mass is 10.2. The molecule has 64 valence electrons. The van der Waals surface area contributed by atoms with Gasteiger partial charge in [-0.1, -0.05) is 6.92 Å². The summed E-state index contributed by atoms with van der Waals surface area (Å²) in [7, 11) is 0. The van der Waals surface area contributed by atoms with E-state index in [0.29, 0.717) is 0 Å². The van der Waals surface area contributed by atoms with Gasteiger partial charge in [0.25, 0.3) is 0 Å². The van der Waals surface area contributed by atoms with Gasteiger partial charge < -0.3 is 0 Å². The van der Waals surface area contributed by atoms with E-state index in [1.54, 1.807) is 0 Å². The number of thioether (sulfide) groups is 1. The second-order valence-electron chi connectivity index (χ2n) is 2.50. The average Bonchev–Trinajstić information content (AvgIpc) is 2.03. The van der Waals surface area contributed by atoms with Gasteiger partial charge in [0.05, 0.1) is 0 Å². The first-order chi connectivity index (χ1) is 5.41. The molecule has 0 aromatic rings. The van der Waals surface area contributed by atoms with E-state index >= 15 is 0 Å². The van der Waals surface area contributed by atoms with Crippen molar-refractivity contribution in [1.29, 1.82) is 0 Å². The molecule has 0 aromatic carbocycles. The Kier molecular flexibility index (Phi) is 9.83. The van der Waals surface area contributed by atoms with Crippen molar-refractivity contribution in [1.82, 2.24) is 0 Å². The summed E-state index contributed by atoms with van der Waals surface area (Å²) in [4.78, 5) is 0. The quantitative estimate of drug-likeness (QED) is 0.435. The highest BCUT2D eigenvalue weighted by Crippen LogP contribution is 2.06. The zero-order valence-electron chi connectivity index (χ0n) is 7.65. The average molecular weight is 170 g/mol. The van der Waals surface area contributed by atoms with E-state index in [1.807, 2.05) is 6.92 Å². The van der Waals surface area contributed by atoms with E-state index in [9.17, 15) is 0 Å². The minimum atomic E-state index is 1.09. The summed E-state index contributed by atoms with van der Waals surface area (Å²) in [6.45, 7) is 4.14. The fourth-order valence-electron chi connectivity index (χ4n) is 0.789. The molecular formula is C10H18S. The largest absolute Gasteiger partial charge is 0.162 e. The Bertz CT molecular complexity index is 119. The van der Waals surface area contributed by atoms with Crippen LogP contribution in [-0.4, -0.2) is 11.5 Å². The third-order valence-electron chi connectivity index (χ3n) is 1.37. The van der Waals surface area contributed by atoms with Crippen molar-refractivity contribution in [2.45, 2.75) is 39.5 Å². The lowest BCUT2D eigenvalue weighted by molar-refractivity contribution is 0.836. The van der Waals surface area contributed by atoms with Crippen LogP contribution >= 0.6 is 11.8 Å². The van der Waals surface area contributed by atoms with Crippen molar-refractivity contribution in [3.05, 3.63) is 0 Å². The van der Waals surface area contributed by atoms with Gasteiger partial charge in [-0.25, -0.2) is 0 Å². The van der Waals surface area contributed by atoms with E-state index < -0.39 is 0 Å². The monoisotopic (exact) mass is 170 g/mol. The Balaban J connectivity index is 2.83. The van der Waals surface area contributed by atoms with Crippen molar-refractivity contribution in [3.63, 3.8) is 0 Å². The first-order valence-electron chi connectivity index (χ1n) is 4.39. The molecule has 0 aliphatic heterocycles. The number of hydrogen-bond donors (Lipinski definition) is 0. The molecule has 0 bridgehead atoms. The Morgan fingerprint density at radius 1 is 1.18 bits per heavy atom. The lowest BCUT2D eigenvalue weighted by Crippen LogP contribution is -1.81. The third kappa shape index (κ3) is 9.91. The zero-order valence-corrected chi connectivity index (χ0v) is 8.47. The second kappa shape index (κ2) is 9.91. The van der Waals surface area contributed by atoms with Crippen LogP contribution in [0.4, 0.5) is 0 Å². The first-order valence-corrected chi connectivity index (χ1v) is 5.54. The van der Waals surface area contributed by atoms with Gasteiger partial charge in [0.2, 0.25) is 0 Å². The maximum absolute atomic E-state index is 3.08. The predicted octanol–water partition coefficient (Wildman–Crippen LogP) is 3.32. The number of hydrogen-bond acceptors (Lipinski definition) is 1. The molecule has 1 heteroatoms. The topological polar surface area (TPSA) is 0 Å². The minimum absolute atomic E-state index is 1.09. The highest BCUT2D eigenvalue weighted by Gasteiger charge is 1.86. The van der Waals surface area contributed by atoms with Crippen LogP contribution < -0.4 is 0 Å². The molecular weight excluding hydrogens is 152 g/mol. The molecule has 0 amide bonds. The Hall–Kier alpha value is -0.0900. The van der Waals surface area contributed by atoms with Crippen LogP contribution in [0, 0.1) is 11.8 Å². The van der Waals surface area contributed by atoms with E-state index in [-0.39, 0.29) is 0 Å². The molecule has 0 aliphatic carbocycles. The summed E-state index contributed by atoms with van der Waals surface area (Å²) in [5.74, 6) is 8.63. The molecule has 0 aromatic heterocycles. The van der Waals surface area contributed by atoms with Crippen LogP contribution in [0.5, 0.6) is 0 Å². The van der Waals surface area contributed by atoms with Gasteiger partial charge in [0.1, 0.15) is 0 Å². The molecule has 0 atom stereocenters. The van der Waals surface area contributed by atoms with Crippen molar-refractivity contribution in [2.24, 2.45) is 0 Å². The fraction of sp³-hybridized carbons (Fsp3) is 0.800. The van der Waals surface area contributed by atoms with Crippen molar-refractivity contribution >= 4 is 11.8 Å². The van der Waals surface area contributed by atoms with Gasteiger partial charge in [0, 0.05) is 6.42 Å². The summed E-state index contributed by atoms with van der Waals surface area (Å²) < 4.78 is 0. The Morgan fingerprint density at radius 3 is 2.64 bits per heavy atom. The first kappa shape index (κ1) is 10.9. The van der Waals surface area contributed by atoms with Gasteiger partial charge in [-0.15, -0.1) is 11.8 Å². The highest BCUT2D eigenvalue weighted by molar-refractivity contribution is 7.99. The summed E-state index contributed by atoms with van der Waals surface area (Å²) >= 11 is 2.06. The highest BCUT2D eigenvalue weighted by atomic mass is 32.2.